The van der Waals surface area contributed by atoms with Gasteiger partial charge in [-0.2, -0.15) is 0 Å². The predicted molar refractivity (Wildman–Crippen MR) is 60.3 cm³/mol. The molecule has 0 aromatic heterocycles. The minimum absolute atomic E-state index is 0.283. The van der Waals surface area contributed by atoms with E-state index in [4.69, 9.17) is 5.73 Å². The van der Waals surface area contributed by atoms with Crippen LogP contribution in [-0.2, 0) is 6.42 Å². The van der Waals surface area contributed by atoms with Crippen LogP contribution in [0.1, 0.15) is 29.9 Å². The van der Waals surface area contributed by atoms with Gasteiger partial charge in [0.05, 0.1) is 0 Å². The van der Waals surface area contributed by atoms with E-state index < -0.39 is 0 Å². The molecule has 0 bridgehead atoms. The van der Waals surface area contributed by atoms with Gasteiger partial charge in [-0.3, -0.25) is 0 Å². The van der Waals surface area contributed by atoms with Crippen LogP contribution in [0, 0.1) is 0 Å². The van der Waals surface area contributed by atoms with Gasteiger partial charge in [-0.15, -0.1) is 6.58 Å². The lowest BCUT2D eigenvalue weighted by Gasteiger charge is -2.31. The average Bonchev–Trinajstić information content (AvgIpc) is 2.15. The molecule has 2 N–H and O–H groups in total. The molecule has 0 saturated heterocycles. The van der Waals surface area contributed by atoms with Crippen LogP contribution in [0.25, 0.3) is 0 Å². The first-order chi connectivity index (χ1) is 6.81. The molecule has 0 radical (unpaired) electrons. The first-order valence-corrected chi connectivity index (χ1v) is 5.25. The summed E-state index contributed by atoms with van der Waals surface area (Å²) < 4.78 is 0. The average molecular weight is 187 g/mol. The third kappa shape index (κ3) is 1.73. The maximum absolute atomic E-state index is 5.98. The third-order valence-electron chi connectivity index (χ3n) is 3.02. The summed E-state index contributed by atoms with van der Waals surface area (Å²) in [5.41, 5.74) is 8.99. The van der Waals surface area contributed by atoms with Crippen molar-refractivity contribution in [3.63, 3.8) is 0 Å². The molecule has 1 heteroatoms. The normalized spacial score (nSPS) is 20.8. The fraction of sp³-hybridized carbons (Fsp3) is 0.385. The van der Waals surface area contributed by atoms with Crippen LogP contribution in [0.2, 0.25) is 0 Å². The minimum Gasteiger partial charge on any atom is -0.327 e. The largest absolute Gasteiger partial charge is 0.327 e. The molecule has 1 aliphatic carbocycles. The van der Waals surface area contributed by atoms with E-state index in [0.717, 1.165) is 12.8 Å². The lowest BCUT2D eigenvalue weighted by Crippen LogP contribution is -2.27. The summed E-state index contributed by atoms with van der Waals surface area (Å²) in [6, 6.07) is 8.95. The molecule has 74 valence electrons. The highest BCUT2D eigenvalue weighted by Gasteiger charge is 2.26. The molecular formula is C13H17N. The van der Waals surface area contributed by atoms with E-state index in [2.05, 4.69) is 30.8 Å². The van der Waals surface area contributed by atoms with Crippen molar-refractivity contribution >= 4 is 0 Å². The number of fused-ring (bicyclic) bond motifs is 1. The standard InChI is InChI=1S/C13H17N/c1-2-5-12(14)9-11-8-10-6-3-4-7-13(10)11/h2-4,6-7,11-12H,1,5,8-9,14H2. The molecule has 2 atom stereocenters. The highest BCUT2D eigenvalue weighted by molar-refractivity contribution is 5.39. The van der Waals surface area contributed by atoms with E-state index in [1.807, 2.05) is 6.08 Å². The van der Waals surface area contributed by atoms with Gasteiger partial charge in [0.15, 0.2) is 0 Å². The maximum Gasteiger partial charge on any atom is 0.00792 e. The highest BCUT2D eigenvalue weighted by Crippen LogP contribution is 2.37. The predicted octanol–water partition coefficient (Wildman–Crippen LogP) is 2.62. The fourth-order valence-electron chi connectivity index (χ4n) is 2.25. The van der Waals surface area contributed by atoms with Gasteiger partial charge in [-0.05, 0) is 36.3 Å². The van der Waals surface area contributed by atoms with Crippen molar-refractivity contribution in [2.45, 2.75) is 31.2 Å². The SMILES string of the molecule is C=CCC(N)CC1Cc2ccccc21. The topological polar surface area (TPSA) is 26.0 Å². The first kappa shape index (κ1) is 9.47. The van der Waals surface area contributed by atoms with Crippen LogP contribution < -0.4 is 5.73 Å². The summed E-state index contributed by atoms with van der Waals surface area (Å²) in [5.74, 6) is 0.696. The van der Waals surface area contributed by atoms with E-state index in [0.29, 0.717) is 5.92 Å². The van der Waals surface area contributed by atoms with Crippen LogP contribution >= 0.6 is 0 Å². The summed E-state index contributed by atoms with van der Waals surface area (Å²) in [6.07, 6.45) is 5.15. The fourth-order valence-corrected chi connectivity index (χ4v) is 2.25. The van der Waals surface area contributed by atoms with E-state index in [1.54, 1.807) is 0 Å². The Hall–Kier alpha value is -1.08. The van der Waals surface area contributed by atoms with Crippen LogP contribution in [0.3, 0.4) is 0 Å². The van der Waals surface area contributed by atoms with E-state index in [9.17, 15) is 0 Å². The lowest BCUT2D eigenvalue weighted by atomic mass is 9.74. The van der Waals surface area contributed by atoms with Gasteiger partial charge in [-0.25, -0.2) is 0 Å². The van der Waals surface area contributed by atoms with Crippen LogP contribution in [0.5, 0.6) is 0 Å². The van der Waals surface area contributed by atoms with E-state index >= 15 is 0 Å². The smallest absolute Gasteiger partial charge is 0.00792 e. The Bertz CT molecular complexity index is 330. The molecule has 1 nitrogen and oxygen atoms in total. The highest BCUT2D eigenvalue weighted by atomic mass is 14.6. The zero-order valence-electron chi connectivity index (χ0n) is 8.45. The molecule has 0 heterocycles. The van der Waals surface area contributed by atoms with Gasteiger partial charge in [-0.1, -0.05) is 30.3 Å². The molecule has 1 aromatic carbocycles. The first-order valence-electron chi connectivity index (χ1n) is 5.25. The van der Waals surface area contributed by atoms with Crippen molar-refractivity contribution in [3.05, 3.63) is 48.0 Å². The Labute approximate surface area is 85.6 Å². The number of benzene rings is 1. The van der Waals surface area contributed by atoms with Crippen LogP contribution in [0.15, 0.2) is 36.9 Å². The van der Waals surface area contributed by atoms with E-state index in [1.165, 1.54) is 17.5 Å². The number of hydrogen-bond donors (Lipinski definition) is 1. The molecule has 0 aliphatic heterocycles. The monoisotopic (exact) mass is 187 g/mol. The van der Waals surface area contributed by atoms with Gasteiger partial charge in [0.2, 0.25) is 0 Å². The second-order valence-electron chi connectivity index (χ2n) is 4.12. The Balaban J connectivity index is 1.95. The van der Waals surface area contributed by atoms with Gasteiger partial charge in [0.25, 0.3) is 0 Å². The summed E-state index contributed by atoms with van der Waals surface area (Å²) in [7, 11) is 0. The minimum atomic E-state index is 0.283. The van der Waals surface area contributed by atoms with Crippen molar-refractivity contribution in [3.8, 4) is 0 Å². The third-order valence-corrected chi connectivity index (χ3v) is 3.02. The number of nitrogens with two attached hydrogens (primary N) is 1. The molecule has 0 spiro atoms. The zero-order valence-corrected chi connectivity index (χ0v) is 8.45. The Kier molecular flexibility index (Phi) is 2.69. The summed E-state index contributed by atoms with van der Waals surface area (Å²) in [5, 5.41) is 0. The van der Waals surface area contributed by atoms with Crippen molar-refractivity contribution in [1.29, 1.82) is 0 Å². The number of rotatable bonds is 4. The summed E-state index contributed by atoms with van der Waals surface area (Å²) >= 11 is 0. The number of hydrogen-bond acceptors (Lipinski definition) is 1. The van der Waals surface area contributed by atoms with Gasteiger partial charge in [0, 0.05) is 6.04 Å². The molecule has 0 saturated carbocycles. The second kappa shape index (κ2) is 3.97. The van der Waals surface area contributed by atoms with E-state index in [-0.39, 0.29) is 6.04 Å². The zero-order chi connectivity index (χ0) is 9.97. The molecule has 1 aliphatic rings. The molecule has 2 rings (SSSR count). The molecule has 1 aromatic rings. The summed E-state index contributed by atoms with van der Waals surface area (Å²) in [4.78, 5) is 0. The molecular weight excluding hydrogens is 170 g/mol. The quantitative estimate of drug-likeness (QED) is 0.720. The second-order valence-corrected chi connectivity index (χ2v) is 4.12. The molecule has 2 unspecified atom stereocenters. The maximum atomic E-state index is 5.98. The Morgan fingerprint density at radius 2 is 2.29 bits per heavy atom. The molecule has 14 heavy (non-hydrogen) atoms. The summed E-state index contributed by atoms with van der Waals surface area (Å²) in [6.45, 7) is 3.72. The Morgan fingerprint density at radius 3 is 3.00 bits per heavy atom. The van der Waals surface area contributed by atoms with Crippen molar-refractivity contribution in [1.82, 2.24) is 0 Å². The van der Waals surface area contributed by atoms with Crippen molar-refractivity contribution in [2.24, 2.45) is 5.73 Å². The van der Waals surface area contributed by atoms with Crippen LogP contribution in [-0.4, -0.2) is 6.04 Å². The van der Waals surface area contributed by atoms with Crippen molar-refractivity contribution in [2.75, 3.05) is 0 Å². The van der Waals surface area contributed by atoms with Gasteiger partial charge >= 0.3 is 0 Å². The van der Waals surface area contributed by atoms with Crippen molar-refractivity contribution < 1.29 is 0 Å². The lowest BCUT2D eigenvalue weighted by molar-refractivity contribution is 0.489. The van der Waals surface area contributed by atoms with Gasteiger partial charge < -0.3 is 5.73 Å². The molecule has 0 fully saturated rings. The molecule has 0 amide bonds. The van der Waals surface area contributed by atoms with Gasteiger partial charge in [0.1, 0.15) is 0 Å². The Morgan fingerprint density at radius 1 is 1.50 bits per heavy atom. The van der Waals surface area contributed by atoms with Crippen LogP contribution in [0.4, 0.5) is 0 Å².